The van der Waals surface area contributed by atoms with Crippen LogP contribution in [-0.2, 0) is 31.7 Å². The fourth-order valence-corrected chi connectivity index (χ4v) is 4.04. The highest BCUT2D eigenvalue weighted by Gasteiger charge is 2.31. The Morgan fingerprint density at radius 2 is 1.88 bits per heavy atom. The largest absolute Gasteiger partial charge is 0.466 e. The molecule has 1 aromatic carbocycles. The number of amides is 1. The van der Waals surface area contributed by atoms with Gasteiger partial charge < -0.3 is 9.64 Å². The SMILES string of the molecule is CCOC(=O)CCCCCCN1C(=O)CC[C@@H]1CCC(=O)Cc1cccc(C(F)(F)F)c1. The lowest BCUT2D eigenvalue weighted by molar-refractivity contribution is -0.143. The maximum Gasteiger partial charge on any atom is 0.416 e. The molecule has 0 aromatic heterocycles. The summed E-state index contributed by atoms with van der Waals surface area (Å²) in [6.45, 7) is 2.80. The summed E-state index contributed by atoms with van der Waals surface area (Å²) in [5, 5.41) is 0. The Bertz CT molecular complexity index is 779. The number of halogens is 3. The molecule has 0 aliphatic carbocycles. The average Bonchev–Trinajstić information content (AvgIpc) is 3.08. The minimum atomic E-state index is -4.43. The number of hydrogen-bond acceptors (Lipinski definition) is 4. The number of rotatable bonds is 13. The first kappa shape index (κ1) is 25.9. The van der Waals surface area contributed by atoms with E-state index in [-0.39, 0.29) is 36.5 Å². The van der Waals surface area contributed by atoms with Crippen LogP contribution in [0.15, 0.2) is 24.3 Å². The number of Topliss-reactive ketones (excluding diaryl/α,β-unsaturated/α-hetero) is 1. The Balaban J connectivity index is 1.72. The van der Waals surface area contributed by atoms with Crippen LogP contribution in [0.1, 0.15) is 75.8 Å². The van der Waals surface area contributed by atoms with E-state index in [9.17, 15) is 27.6 Å². The first-order valence-corrected chi connectivity index (χ1v) is 11.3. The molecule has 1 saturated heterocycles. The zero-order valence-corrected chi connectivity index (χ0v) is 18.6. The Labute approximate surface area is 187 Å². The summed E-state index contributed by atoms with van der Waals surface area (Å²) in [4.78, 5) is 37.7. The molecule has 32 heavy (non-hydrogen) atoms. The molecule has 1 aliphatic rings. The topological polar surface area (TPSA) is 63.7 Å². The molecule has 0 N–H and O–H groups in total. The van der Waals surface area contributed by atoms with Crippen LogP contribution >= 0.6 is 0 Å². The van der Waals surface area contributed by atoms with Crippen molar-refractivity contribution in [2.24, 2.45) is 0 Å². The van der Waals surface area contributed by atoms with Gasteiger partial charge in [0.05, 0.1) is 12.2 Å². The second-order valence-corrected chi connectivity index (χ2v) is 8.20. The fraction of sp³-hybridized carbons (Fsp3) is 0.625. The highest BCUT2D eigenvalue weighted by Crippen LogP contribution is 2.30. The molecule has 1 aliphatic heterocycles. The third-order valence-electron chi connectivity index (χ3n) is 5.70. The summed E-state index contributed by atoms with van der Waals surface area (Å²) in [5.41, 5.74) is -0.399. The first-order chi connectivity index (χ1) is 15.2. The highest BCUT2D eigenvalue weighted by atomic mass is 19.4. The van der Waals surface area contributed by atoms with Crippen LogP contribution in [0.3, 0.4) is 0 Å². The first-order valence-electron chi connectivity index (χ1n) is 11.3. The number of hydrogen-bond donors (Lipinski definition) is 0. The van der Waals surface area contributed by atoms with Gasteiger partial charge in [0, 0.05) is 38.3 Å². The van der Waals surface area contributed by atoms with Gasteiger partial charge in [0.1, 0.15) is 5.78 Å². The van der Waals surface area contributed by atoms with Crippen LogP contribution in [0, 0.1) is 0 Å². The lowest BCUT2D eigenvalue weighted by Gasteiger charge is -2.24. The quantitative estimate of drug-likeness (QED) is 0.307. The van der Waals surface area contributed by atoms with Crippen molar-refractivity contribution in [3.63, 3.8) is 0 Å². The van der Waals surface area contributed by atoms with Gasteiger partial charge in [-0.2, -0.15) is 13.2 Å². The van der Waals surface area contributed by atoms with Crippen molar-refractivity contribution < 1.29 is 32.3 Å². The molecule has 1 heterocycles. The van der Waals surface area contributed by atoms with E-state index in [4.69, 9.17) is 4.74 Å². The monoisotopic (exact) mass is 455 g/mol. The molecule has 1 aromatic rings. The van der Waals surface area contributed by atoms with Gasteiger partial charge in [-0.15, -0.1) is 0 Å². The van der Waals surface area contributed by atoms with Crippen molar-refractivity contribution in [2.45, 2.75) is 83.4 Å². The van der Waals surface area contributed by atoms with E-state index < -0.39 is 11.7 Å². The van der Waals surface area contributed by atoms with Crippen molar-refractivity contribution in [3.8, 4) is 0 Å². The van der Waals surface area contributed by atoms with Crippen molar-refractivity contribution in [1.29, 1.82) is 0 Å². The molecule has 0 radical (unpaired) electrons. The lowest BCUT2D eigenvalue weighted by Crippen LogP contribution is -2.34. The molecule has 0 bridgehead atoms. The average molecular weight is 456 g/mol. The van der Waals surface area contributed by atoms with Gasteiger partial charge in [-0.05, 0) is 44.2 Å². The van der Waals surface area contributed by atoms with Crippen molar-refractivity contribution >= 4 is 17.7 Å². The van der Waals surface area contributed by atoms with E-state index in [0.29, 0.717) is 44.4 Å². The van der Waals surface area contributed by atoms with E-state index in [0.717, 1.165) is 37.8 Å². The predicted octanol–water partition coefficient (Wildman–Crippen LogP) is 5.10. The number of carbonyl (C=O) groups is 3. The standard InChI is InChI=1S/C24H32F3NO4/c1-2-32-23(31)10-5-3-4-6-15-28-20(12-14-22(28)30)11-13-21(29)17-18-8-7-9-19(16-18)24(25,26)27/h7-9,16,20H,2-6,10-15,17H2,1H3/t20-/m0/s1. The summed E-state index contributed by atoms with van der Waals surface area (Å²) in [6.07, 6.45) is 1.29. The Morgan fingerprint density at radius 1 is 1.12 bits per heavy atom. The number of nitrogens with zero attached hydrogens (tertiary/aromatic N) is 1. The molecular weight excluding hydrogens is 423 g/mol. The fourth-order valence-electron chi connectivity index (χ4n) is 4.04. The van der Waals surface area contributed by atoms with E-state index in [1.165, 1.54) is 12.1 Å². The summed E-state index contributed by atoms with van der Waals surface area (Å²) >= 11 is 0. The lowest BCUT2D eigenvalue weighted by atomic mass is 10.0. The molecule has 1 fully saturated rings. The maximum absolute atomic E-state index is 12.8. The minimum absolute atomic E-state index is 0.00694. The number of carbonyl (C=O) groups excluding carboxylic acids is 3. The van der Waals surface area contributed by atoms with E-state index in [2.05, 4.69) is 0 Å². The maximum atomic E-state index is 12.8. The Hall–Kier alpha value is -2.38. The van der Waals surface area contributed by atoms with Crippen molar-refractivity contribution in [2.75, 3.05) is 13.2 Å². The Kier molecular flexibility index (Phi) is 10.2. The number of unbranched alkanes of at least 4 members (excludes halogenated alkanes) is 3. The molecule has 2 rings (SSSR count). The van der Waals surface area contributed by atoms with Gasteiger partial charge >= 0.3 is 12.1 Å². The van der Waals surface area contributed by atoms with Crippen LogP contribution in [0.25, 0.3) is 0 Å². The zero-order chi connectivity index (χ0) is 23.6. The summed E-state index contributed by atoms with van der Waals surface area (Å²) in [7, 11) is 0. The third-order valence-corrected chi connectivity index (χ3v) is 5.70. The summed E-state index contributed by atoms with van der Waals surface area (Å²) in [5.74, 6) is -0.216. The van der Waals surface area contributed by atoms with Crippen molar-refractivity contribution in [1.82, 2.24) is 4.90 Å². The van der Waals surface area contributed by atoms with Gasteiger partial charge in [-0.25, -0.2) is 0 Å². The number of benzene rings is 1. The summed E-state index contributed by atoms with van der Waals surface area (Å²) in [6, 6.07) is 4.86. The van der Waals surface area contributed by atoms with Gasteiger partial charge in [0.15, 0.2) is 0 Å². The molecule has 178 valence electrons. The molecule has 8 heteroatoms. The van der Waals surface area contributed by atoms with E-state index in [1.54, 1.807) is 6.92 Å². The molecule has 5 nitrogen and oxygen atoms in total. The van der Waals surface area contributed by atoms with Crippen LogP contribution in [-0.4, -0.2) is 41.8 Å². The number of esters is 1. The predicted molar refractivity (Wildman–Crippen MR) is 114 cm³/mol. The van der Waals surface area contributed by atoms with Crippen LogP contribution in [0.2, 0.25) is 0 Å². The normalized spacial score (nSPS) is 16.4. The van der Waals surface area contributed by atoms with E-state index in [1.807, 2.05) is 4.90 Å². The second kappa shape index (κ2) is 12.6. The van der Waals surface area contributed by atoms with Gasteiger partial charge in [0.25, 0.3) is 0 Å². The zero-order valence-electron chi connectivity index (χ0n) is 18.6. The molecule has 1 atom stereocenters. The highest BCUT2D eigenvalue weighted by molar-refractivity contribution is 5.81. The van der Waals surface area contributed by atoms with Crippen LogP contribution in [0.5, 0.6) is 0 Å². The molecule has 1 amide bonds. The number of alkyl halides is 3. The molecule has 0 saturated carbocycles. The smallest absolute Gasteiger partial charge is 0.416 e. The molecule has 0 spiro atoms. The third kappa shape index (κ3) is 8.63. The Morgan fingerprint density at radius 3 is 2.59 bits per heavy atom. The van der Waals surface area contributed by atoms with Gasteiger partial charge in [-0.3, -0.25) is 14.4 Å². The van der Waals surface area contributed by atoms with Gasteiger partial charge in [0.2, 0.25) is 5.91 Å². The van der Waals surface area contributed by atoms with E-state index >= 15 is 0 Å². The number of ketones is 1. The van der Waals surface area contributed by atoms with Gasteiger partial charge in [-0.1, -0.05) is 31.0 Å². The second-order valence-electron chi connectivity index (χ2n) is 8.20. The number of likely N-dealkylation sites (tertiary alicyclic amines) is 1. The number of ether oxygens (including phenoxy) is 1. The van der Waals surface area contributed by atoms with Crippen molar-refractivity contribution in [3.05, 3.63) is 35.4 Å². The summed E-state index contributed by atoms with van der Waals surface area (Å²) < 4.78 is 43.4. The molecule has 0 unspecified atom stereocenters. The minimum Gasteiger partial charge on any atom is -0.466 e. The molecular formula is C24H32F3NO4. The van der Waals surface area contributed by atoms with Crippen LogP contribution in [0.4, 0.5) is 13.2 Å². The van der Waals surface area contributed by atoms with Crippen LogP contribution < -0.4 is 0 Å².